The zero-order valence-corrected chi connectivity index (χ0v) is 16.5. The maximum Gasteiger partial charge on any atom is 0.337 e. The largest absolute Gasteiger partial charge is 0.468 e. The van der Waals surface area contributed by atoms with E-state index < -0.39 is 29.2 Å². The van der Waals surface area contributed by atoms with Crippen LogP contribution in [0.25, 0.3) is 6.08 Å². The predicted molar refractivity (Wildman–Crippen MR) is 106 cm³/mol. The first-order valence-corrected chi connectivity index (χ1v) is 9.10. The lowest BCUT2D eigenvalue weighted by Crippen LogP contribution is -2.48. The van der Waals surface area contributed by atoms with Crippen LogP contribution in [0.2, 0.25) is 0 Å². The molecule has 0 radical (unpaired) electrons. The van der Waals surface area contributed by atoms with E-state index in [1.807, 2.05) is 24.3 Å². The first-order chi connectivity index (χ1) is 14.0. The lowest BCUT2D eigenvalue weighted by Gasteiger charge is -2.29. The van der Waals surface area contributed by atoms with Crippen LogP contribution in [0, 0.1) is 5.92 Å². The van der Waals surface area contributed by atoms with Crippen molar-refractivity contribution in [3.63, 3.8) is 0 Å². The van der Waals surface area contributed by atoms with Gasteiger partial charge < -0.3 is 14.2 Å². The lowest BCUT2D eigenvalue weighted by molar-refractivity contribution is -0.163. The molecule has 0 fully saturated rings. The predicted octanol–water partition coefficient (Wildman–Crippen LogP) is 2.94. The Bertz CT molecular complexity index is 942. The summed E-state index contributed by atoms with van der Waals surface area (Å²) < 4.78 is 14.8. The monoisotopic (exact) mass is 394 g/mol. The van der Waals surface area contributed by atoms with E-state index >= 15 is 0 Å². The molecule has 0 N–H and O–H groups in total. The molecule has 6 heteroatoms. The average Bonchev–Trinajstić information content (AvgIpc) is 3.11. The highest BCUT2D eigenvalue weighted by Gasteiger charge is 2.59. The minimum atomic E-state index is -1.55. The standard InChI is InChI=1S/C23H22O6/c1-27-20(24)16-11-8-15(9-12-16)10-13-18-14-17-6-4-5-7-19(17)23(18,21(25)28-2)22(26)29-3/h4-13,18H,14H2,1-3H3/b13-10+/t18-/m1/s1. The highest BCUT2D eigenvalue weighted by atomic mass is 16.5. The summed E-state index contributed by atoms with van der Waals surface area (Å²) in [6, 6.07) is 14.2. The van der Waals surface area contributed by atoms with Gasteiger partial charge in [0.15, 0.2) is 5.41 Å². The van der Waals surface area contributed by atoms with E-state index in [1.54, 1.807) is 36.4 Å². The summed E-state index contributed by atoms with van der Waals surface area (Å²) in [6.07, 6.45) is 4.14. The van der Waals surface area contributed by atoms with E-state index in [1.165, 1.54) is 21.3 Å². The van der Waals surface area contributed by atoms with Crippen LogP contribution in [0.1, 0.15) is 27.0 Å². The van der Waals surface area contributed by atoms with Crippen molar-refractivity contribution in [2.24, 2.45) is 5.92 Å². The molecule has 0 heterocycles. The Hall–Kier alpha value is -3.41. The Labute approximate surface area is 169 Å². The van der Waals surface area contributed by atoms with Crippen LogP contribution in [-0.4, -0.2) is 39.2 Å². The highest BCUT2D eigenvalue weighted by molar-refractivity contribution is 6.08. The molecule has 0 spiro atoms. The number of benzene rings is 2. The molecule has 0 saturated heterocycles. The molecule has 1 atom stereocenters. The number of fused-ring (bicyclic) bond motifs is 1. The van der Waals surface area contributed by atoms with Crippen molar-refractivity contribution >= 4 is 24.0 Å². The van der Waals surface area contributed by atoms with Crippen LogP contribution >= 0.6 is 0 Å². The van der Waals surface area contributed by atoms with E-state index in [0.29, 0.717) is 17.5 Å². The number of rotatable bonds is 5. The third kappa shape index (κ3) is 3.42. The van der Waals surface area contributed by atoms with Gasteiger partial charge in [-0.15, -0.1) is 0 Å². The lowest BCUT2D eigenvalue weighted by atomic mass is 9.74. The van der Waals surface area contributed by atoms with Crippen molar-refractivity contribution in [2.75, 3.05) is 21.3 Å². The Balaban J connectivity index is 2.01. The molecule has 6 nitrogen and oxygen atoms in total. The molecule has 3 rings (SSSR count). The second-order valence-electron chi connectivity index (χ2n) is 6.73. The first kappa shape index (κ1) is 20.3. The van der Waals surface area contributed by atoms with Crippen LogP contribution in [-0.2, 0) is 35.6 Å². The summed E-state index contributed by atoms with van der Waals surface area (Å²) in [5.41, 5.74) is 1.21. The van der Waals surface area contributed by atoms with Crippen LogP contribution < -0.4 is 0 Å². The maximum atomic E-state index is 12.9. The third-order valence-electron chi connectivity index (χ3n) is 5.31. The number of methoxy groups -OCH3 is 3. The Morgan fingerprint density at radius 3 is 2.10 bits per heavy atom. The number of esters is 3. The van der Waals surface area contributed by atoms with E-state index in [-0.39, 0.29) is 0 Å². The molecule has 29 heavy (non-hydrogen) atoms. The van der Waals surface area contributed by atoms with Crippen LogP contribution in [0.5, 0.6) is 0 Å². The van der Waals surface area contributed by atoms with Gasteiger partial charge in [-0.25, -0.2) is 4.79 Å². The van der Waals surface area contributed by atoms with Gasteiger partial charge >= 0.3 is 17.9 Å². The zero-order valence-electron chi connectivity index (χ0n) is 16.5. The molecule has 1 aliphatic rings. The summed E-state index contributed by atoms with van der Waals surface area (Å²) in [5.74, 6) is -2.18. The number of ether oxygens (including phenoxy) is 3. The van der Waals surface area contributed by atoms with E-state index in [2.05, 4.69) is 0 Å². The van der Waals surface area contributed by atoms with E-state index in [9.17, 15) is 14.4 Å². The van der Waals surface area contributed by atoms with Crippen molar-refractivity contribution in [2.45, 2.75) is 11.8 Å². The minimum Gasteiger partial charge on any atom is -0.468 e. The molecule has 2 aromatic rings. The normalized spacial score (nSPS) is 16.9. The summed E-state index contributed by atoms with van der Waals surface area (Å²) in [5, 5.41) is 0. The molecule has 0 aromatic heterocycles. The fraction of sp³-hybridized carbons (Fsp3) is 0.261. The smallest absolute Gasteiger partial charge is 0.337 e. The van der Waals surface area contributed by atoms with Crippen molar-refractivity contribution in [1.29, 1.82) is 0 Å². The fourth-order valence-electron chi connectivity index (χ4n) is 3.89. The van der Waals surface area contributed by atoms with Crippen LogP contribution in [0.4, 0.5) is 0 Å². The van der Waals surface area contributed by atoms with Gasteiger partial charge in [-0.1, -0.05) is 48.6 Å². The van der Waals surface area contributed by atoms with Gasteiger partial charge in [0.25, 0.3) is 0 Å². The number of allylic oxidation sites excluding steroid dienone is 1. The maximum absolute atomic E-state index is 12.9. The third-order valence-corrected chi connectivity index (χ3v) is 5.31. The Morgan fingerprint density at radius 1 is 0.897 bits per heavy atom. The molecule has 1 aliphatic carbocycles. The molecule has 150 valence electrons. The minimum absolute atomic E-state index is 0.415. The quantitative estimate of drug-likeness (QED) is 0.441. The molecule has 0 aliphatic heterocycles. The Morgan fingerprint density at radius 2 is 1.52 bits per heavy atom. The summed E-state index contributed by atoms with van der Waals surface area (Å²) in [7, 11) is 3.85. The summed E-state index contributed by atoms with van der Waals surface area (Å²) >= 11 is 0. The molecule has 0 bridgehead atoms. The van der Waals surface area contributed by atoms with Crippen LogP contribution in [0.3, 0.4) is 0 Å². The Kier molecular flexibility index (Phi) is 5.82. The van der Waals surface area contributed by atoms with Gasteiger partial charge in [0, 0.05) is 5.92 Å². The van der Waals surface area contributed by atoms with Crippen LogP contribution in [0.15, 0.2) is 54.6 Å². The van der Waals surface area contributed by atoms with E-state index in [4.69, 9.17) is 14.2 Å². The second-order valence-corrected chi connectivity index (χ2v) is 6.73. The molecule has 0 unspecified atom stereocenters. The van der Waals surface area contributed by atoms with Crippen molar-refractivity contribution < 1.29 is 28.6 Å². The molecule has 2 aromatic carbocycles. The number of carbonyl (C=O) groups excluding carboxylic acids is 3. The highest BCUT2D eigenvalue weighted by Crippen LogP contribution is 2.46. The summed E-state index contributed by atoms with van der Waals surface area (Å²) in [4.78, 5) is 37.3. The van der Waals surface area contributed by atoms with Crippen molar-refractivity contribution in [3.05, 3.63) is 76.9 Å². The molecule has 0 saturated carbocycles. The van der Waals surface area contributed by atoms with Gasteiger partial charge in [-0.3, -0.25) is 9.59 Å². The molecule has 0 amide bonds. The molecular formula is C23H22O6. The SMILES string of the molecule is COC(=O)c1ccc(/C=C/[C@@H]2Cc3ccccc3C2(C(=O)OC)C(=O)OC)cc1. The first-order valence-electron chi connectivity index (χ1n) is 9.10. The van der Waals surface area contributed by atoms with Crippen molar-refractivity contribution in [3.8, 4) is 0 Å². The van der Waals surface area contributed by atoms with Gasteiger partial charge in [-0.2, -0.15) is 0 Å². The second kappa shape index (κ2) is 8.31. The number of carbonyl (C=O) groups is 3. The number of hydrogen-bond donors (Lipinski definition) is 0. The molecular weight excluding hydrogens is 372 g/mol. The summed E-state index contributed by atoms with van der Waals surface area (Å²) in [6.45, 7) is 0. The zero-order chi connectivity index (χ0) is 21.0. The van der Waals surface area contributed by atoms with Gasteiger partial charge in [0.2, 0.25) is 0 Å². The van der Waals surface area contributed by atoms with Gasteiger partial charge in [0.05, 0.1) is 26.9 Å². The van der Waals surface area contributed by atoms with Gasteiger partial charge in [0.1, 0.15) is 0 Å². The van der Waals surface area contributed by atoms with E-state index in [0.717, 1.165) is 11.1 Å². The van der Waals surface area contributed by atoms with Gasteiger partial charge in [-0.05, 0) is 35.2 Å². The topological polar surface area (TPSA) is 78.9 Å². The fourth-order valence-corrected chi connectivity index (χ4v) is 3.89. The average molecular weight is 394 g/mol. The van der Waals surface area contributed by atoms with Crippen molar-refractivity contribution in [1.82, 2.24) is 0 Å². The number of hydrogen-bond acceptors (Lipinski definition) is 6.